The van der Waals surface area contributed by atoms with Crippen molar-refractivity contribution >= 4 is 0 Å². The molecule has 0 aliphatic heterocycles. The molecule has 0 radical (unpaired) electrons. The fourth-order valence-corrected chi connectivity index (χ4v) is 3.66. The van der Waals surface area contributed by atoms with Crippen LogP contribution in [0.2, 0.25) is 0 Å². The Morgan fingerprint density at radius 2 is 1.74 bits per heavy atom. The molecule has 3 unspecified atom stereocenters. The molecule has 1 aliphatic carbocycles. The highest BCUT2D eigenvalue weighted by molar-refractivity contribution is 4.82. The molecular formula is C18H37N. The van der Waals surface area contributed by atoms with Gasteiger partial charge in [-0.05, 0) is 61.9 Å². The van der Waals surface area contributed by atoms with Crippen LogP contribution in [0.3, 0.4) is 0 Å². The Balaban J connectivity index is 2.49. The third-order valence-corrected chi connectivity index (χ3v) is 4.87. The van der Waals surface area contributed by atoms with Crippen LogP contribution in [0.15, 0.2) is 0 Å². The predicted molar refractivity (Wildman–Crippen MR) is 86.5 cm³/mol. The zero-order chi connectivity index (χ0) is 14.3. The highest BCUT2D eigenvalue weighted by atomic mass is 14.8. The minimum atomic E-state index is 0.500. The molecule has 1 fully saturated rings. The second-order valence-electron chi connectivity index (χ2n) is 7.89. The van der Waals surface area contributed by atoms with E-state index in [0.29, 0.717) is 5.41 Å². The molecule has 114 valence electrons. The smallest absolute Gasteiger partial charge is 0.00180 e. The average Bonchev–Trinajstić information content (AvgIpc) is 2.34. The van der Waals surface area contributed by atoms with Gasteiger partial charge in [0, 0.05) is 0 Å². The SMILES string of the molecule is CCCC1CCC(CNCC)C(CCC(C)(C)C)C1. The van der Waals surface area contributed by atoms with E-state index in [1.807, 2.05) is 0 Å². The van der Waals surface area contributed by atoms with Gasteiger partial charge in [-0.2, -0.15) is 0 Å². The summed E-state index contributed by atoms with van der Waals surface area (Å²) in [6, 6.07) is 0. The van der Waals surface area contributed by atoms with Gasteiger partial charge in [-0.15, -0.1) is 0 Å². The Hall–Kier alpha value is -0.0400. The summed E-state index contributed by atoms with van der Waals surface area (Å²) in [5, 5.41) is 3.59. The first-order valence-corrected chi connectivity index (χ1v) is 8.67. The average molecular weight is 268 g/mol. The summed E-state index contributed by atoms with van der Waals surface area (Å²) in [6.07, 6.45) is 10.1. The third kappa shape index (κ3) is 6.79. The van der Waals surface area contributed by atoms with E-state index in [0.717, 1.165) is 24.3 Å². The molecule has 0 aromatic rings. The maximum Gasteiger partial charge on any atom is -0.00180 e. The van der Waals surface area contributed by atoms with Crippen LogP contribution in [0, 0.1) is 23.2 Å². The van der Waals surface area contributed by atoms with Crippen molar-refractivity contribution in [3.05, 3.63) is 0 Å². The quantitative estimate of drug-likeness (QED) is 0.664. The fraction of sp³-hybridized carbons (Fsp3) is 1.00. The van der Waals surface area contributed by atoms with Crippen LogP contribution < -0.4 is 5.32 Å². The van der Waals surface area contributed by atoms with Crippen molar-refractivity contribution in [1.29, 1.82) is 0 Å². The van der Waals surface area contributed by atoms with Crippen LogP contribution in [0.1, 0.15) is 79.6 Å². The molecular weight excluding hydrogens is 230 g/mol. The van der Waals surface area contributed by atoms with E-state index in [9.17, 15) is 0 Å². The van der Waals surface area contributed by atoms with Crippen molar-refractivity contribution in [1.82, 2.24) is 5.32 Å². The zero-order valence-electron chi connectivity index (χ0n) is 14.1. The van der Waals surface area contributed by atoms with E-state index in [1.165, 1.54) is 51.5 Å². The first kappa shape index (κ1) is 17.0. The highest BCUT2D eigenvalue weighted by Gasteiger charge is 2.30. The maximum atomic E-state index is 3.59. The Kier molecular flexibility index (Phi) is 7.42. The molecule has 1 rings (SSSR count). The van der Waals surface area contributed by atoms with Crippen LogP contribution in [-0.2, 0) is 0 Å². The lowest BCUT2D eigenvalue weighted by atomic mass is 9.69. The number of nitrogens with one attached hydrogen (secondary N) is 1. The Labute approximate surface area is 121 Å². The summed E-state index contributed by atoms with van der Waals surface area (Å²) in [6.45, 7) is 14.1. The van der Waals surface area contributed by atoms with Gasteiger partial charge in [0.2, 0.25) is 0 Å². The van der Waals surface area contributed by atoms with E-state index in [2.05, 4.69) is 39.9 Å². The summed E-state index contributed by atoms with van der Waals surface area (Å²) in [7, 11) is 0. The van der Waals surface area contributed by atoms with Gasteiger partial charge in [0.1, 0.15) is 0 Å². The van der Waals surface area contributed by atoms with Crippen molar-refractivity contribution in [3.8, 4) is 0 Å². The molecule has 0 amide bonds. The zero-order valence-corrected chi connectivity index (χ0v) is 14.1. The second kappa shape index (κ2) is 8.29. The van der Waals surface area contributed by atoms with Crippen molar-refractivity contribution in [2.24, 2.45) is 23.2 Å². The predicted octanol–water partition coefficient (Wildman–Crippen LogP) is 5.25. The van der Waals surface area contributed by atoms with E-state index in [4.69, 9.17) is 0 Å². The topological polar surface area (TPSA) is 12.0 Å². The van der Waals surface area contributed by atoms with E-state index in [1.54, 1.807) is 0 Å². The molecule has 0 bridgehead atoms. The van der Waals surface area contributed by atoms with Crippen LogP contribution in [0.5, 0.6) is 0 Å². The molecule has 1 heteroatoms. The maximum absolute atomic E-state index is 3.59. The molecule has 1 saturated carbocycles. The van der Waals surface area contributed by atoms with Crippen LogP contribution in [0.4, 0.5) is 0 Å². The highest BCUT2D eigenvalue weighted by Crippen LogP contribution is 2.40. The standard InChI is InChI=1S/C18H37N/c1-6-8-15-9-10-17(14-19-7-2)16(13-15)11-12-18(3,4)5/h15-17,19H,6-14H2,1-5H3. The van der Waals surface area contributed by atoms with Gasteiger partial charge in [-0.1, -0.05) is 53.9 Å². The summed E-state index contributed by atoms with van der Waals surface area (Å²) >= 11 is 0. The van der Waals surface area contributed by atoms with Crippen LogP contribution in [-0.4, -0.2) is 13.1 Å². The Bertz CT molecular complexity index is 228. The molecule has 1 nitrogen and oxygen atoms in total. The van der Waals surface area contributed by atoms with Crippen molar-refractivity contribution < 1.29 is 0 Å². The van der Waals surface area contributed by atoms with Gasteiger partial charge < -0.3 is 5.32 Å². The van der Waals surface area contributed by atoms with Crippen molar-refractivity contribution in [2.45, 2.75) is 79.6 Å². The normalized spacial score (nSPS) is 28.6. The van der Waals surface area contributed by atoms with Gasteiger partial charge in [-0.25, -0.2) is 0 Å². The Morgan fingerprint density at radius 3 is 2.32 bits per heavy atom. The fourth-order valence-electron chi connectivity index (χ4n) is 3.66. The first-order chi connectivity index (χ1) is 8.96. The number of rotatable bonds is 7. The third-order valence-electron chi connectivity index (χ3n) is 4.87. The van der Waals surface area contributed by atoms with Gasteiger partial charge in [0.25, 0.3) is 0 Å². The van der Waals surface area contributed by atoms with Gasteiger partial charge in [0.05, 0.1) is 0 Å². The first-order valence-electron chi connectivity index (χ1n) is 8.67. The molecule has 1 aliphatic rings. The Morgan fingerprint density at radius 1 is 1.00 bits per heavy atom. The molecule has 0 aromatic carbocycles. The molecule has 0 aromatic heterocycles. The monoisotopic (exact) mass is 267 g/mol. The van der Waals surface area contributed by atoms with Crippen molar-refractivity contribution in [3.63, 3.8) is 0 Å². The lowest BCUT2D eigenvalue weighted by Crippen LogP contribution is -2.33. The van der Waals surface area contributed by atoms with Gasteiger partial charge in [-0.3, -0.25) is 0 Å². The van der Waals surface area contributed by atoms with E-state index >= 15 is 0 Å². The summed E-state index contributed by atoms with van der Waals surface area (Å²) < 4.78 is 0. The molecule has 0 spiro atoms. The largest absolute Gasteiger partial charge is 0.317 e. The van der Waals surface area contributed by atoms with Crippen LogP contribution in [0.25, 0.3) is 0 Å². The lowest BCUT2D eigenvalue weighted by Gasteiger charge is -2.37. The molecule has 19 heavy (non-hydrogen) atoms. The molecule has 1 N–H and O–H groups in total. The van der Waals surface area contributed by atoms with Crippen molar-refractivity contribution in [2.75, 3.05) is 13.1 Å². The van der Waals surface area contributed by atoms with Gasteiger partial charge in [0.15, 0.2) is 0 Å². The number of hydrogen-bond acceptors (Lipinski definition) is 1. The van der Waals surface area contributed by atoms with E-state index < -0.39 is 0 Å². The van der Waals surface area contributed by atoms with Crippen LogP contribution >= 0.6 is 0 Å². The summed E-state index contributed by atoms with van der Waals surface area (Å²) in [5.41, 5.74) is 0.500. The molecule has 0 heterocycles. The lowest BCUT2D eigenvalue weighted by molar-refractivity contribution is 0.145. The molecule has 3 atom stereocenters. The second-order valence-corrected chi connectivity index (χ2v) is 7.89. The minimum Gasteiger partial charge on any atom is -0.317 e. The minimum absolute atomic E-state index is 0.500. The molecule has 0 saturated heterocycles. The summed E-state index contributed by atoms with van der Waals surface area (Å²) in [5.74, 6) is 2.94. The van der Waals surface area contributed by atoms with Gasteiger partial charge >= 0.3 is 0 Å². The number of hydrogen-bond donors (Lipinski definition) is 1. The van der Waals surface area contributed by atoms with E-state index in [-0.39, 0.29) is 0 Å². The summed E-state index contributed by atoms with van der Waals surface area (Å²) in [4.78, 5) is 0.